The molecule has 0 aromatic heterocycles. The fourth-order valence-corrected chi connectivity index (χ4v) is 4.34. The van der Waals surface area contributed by atoms with Crippen molar-refractivity contribution in [2.75, 3.05) is 31.7 Å². The minimum Gasteiger partial charge on any atom is -0.493 e. The lowest BCUT2D eigenvalue weighted by Crippen LogP contribution is -2.31. The first kappa shape index (κ1) is 21.6. The van der Waals surface area contributed by atoms with Gasteiger partial charge in [0, 0.05) is 12.6 Å². The van der Waals surface area contributed by atoms with Crippen molar-refractivity contribution >= 4 is 21.7 Å². The maximum absolute atomic E-state index is 13.3. The summed E-state index contributed by atoms with van der Waals surface area (Å²) in [5.74, 6) is 0.255. The molecule has 0 aliphatic heterocycles. The number of aryl methyl sites for hydroxylation is 1. The summed E-state index contributed by atoms with van der Waals surface area (Å²) in [4.78, 5) is 12.1. The Labute approximate surface area is 165 Å². The molecule has 2 aromatic carbocycles. The summed E-state index contributed by atoms with van der Waals surface area (Å²) in [6.07, 6.45) is 0. The molecule has 0 atom stereocenters. The number of esters is 1. The number of ether oxygens (including phenoxy) is 3. The van der Waals surface area contributed by atoms with Crippen molar-refractivity contribution < 1.29 is 27.4 Å². The summed E-state index contributed by atoms with van der Waals surface area (Å²) >= 11 is 0. The van der Waals surface area contributed by atoms with Crippen LogP contribution in [0.25, 0.3) is 0 Å². The molecule has 152 valence electrons. The zero-order chi connectivity index (χ0) is 20.9. The smallest absolute Gasteiger partial charge is 0.338 e. The maximum atomic E-state index is 13.3. The number of hydrogen-bond acceptors (Lipinski definition) is 6. The normalized spacial score (nSPS) is 11.0. The Bertz CT molecular complexity index is 955. The van der Waals surface area contributed by atoms with Crippen LogP contribution in [-0.4, -0.2) is 41.8 Å². The number of anilines is 1. The van der Waals surface area contributed by atoms with Gasteiger partial charge < -0.3 is 14.2 Å². The SMILES string of the molecule is CCOC(=O)c1ccc(C)c(N(CC)S(=O)(=O)c2ccc(OC)c(OC)c2)c1. The standard InChI is InChI=1S/C20H25NO6S/c1-6-21(17-12-15(9-8-14(17)3)20(22)27-7-2)28(23,24)16-10-11-18(25-4)19(13-16)26-5/h8-13H,6-7H2,1-5H3. The van der Waals surface area contributed by atoms with Crippen LogP contribution in [-0.2, 0) is 14.8 Å². The first-order chi connectivity index (χ1) is 13.3. The second-order valence-electron chi connectivity index (χ2n) is 5.91. The Morgan fingerprint density at radius 3 is 2.25 bits per heavy atom. The van der Waals surface area contributed by atoms with E-state index < -0.39 is 16.0 Å². The molecule has 0 saturated heterocycles. The van der Waals surface area contributed by atoms with Crippen LogP contribution in [0.5, 0.6) is 11.5 Å². The molecule has 0 aliphatic rings. The van der Waals surface area contributed by atoms with Crippen molar-refractivity contribution in [3.05, 3.63) is 47.5 Å². The summed E-state index contributed by atoms with van der Waals surface area (Å²) in [5.41, 5.74) is 1.44. The molecule has 0 radical (unpaired) electrons. The number of carbonyl (C=O) groups is 1. The summed E-state index contributed by atoms with van der Waals surface area (Å²) < 4.78 is 43.3. The third-order valence-corrected chi connectivity index (χ3v) is 6.10. The van der Waals surface area contributed by atoms with Crippen LogP contribution in [0, 0.1) is 6.92 Å². The third kappa shape index (κ3) is 4.22. The van der Waals surface area contributed by atoms with E-state index in [0.29, 0.717) is 22.7 Å². The van der Waals surface area contributed by atoms with Crippen molar-refractivity contribution in [2.24, 2.45) is 0 Å². The van der Waals surface area contributed by atoms with Crippen molar-refractivity contribution in [3.8, 4) is 11.5 Å². The first-order valence-electron chi connectivity index (χ1n) is 8.82. The van der Waals surface area contributed by atoms with Gasteiger partial charge in [0.2, 0.25) is 0 Å². The molecule has 0 heterocycles. The summed E-state index contributed by atoms with van der Waals surface area (Å²) in [6.45, 7) is 5.66. The minimum atomic E-state index is -3.89. The fraction of sp³-hybridized carbons (Fsp3) is 0.350. The molecule has 0 saturated carbocycles. The Kier molecular flexibility index (Phi) is 6.90. The Morgan fingerprint density at radius 2 is 1.68 bits per heavy atom. The molecular weight excluding hydrogens is 382 g/mol. The molecule has 2 aromatic rings. The molecule has 0 fully saturated rings. The summed E-state index contributed by atoms with van der Waals surface area (Å²) in [7, 11) is -0.969. The Morgan fingerprint density at radius 1 is 1.00 bits per heavy atom. The second-order valence-corrected chi connectivity index (χ2v) is 7.77. The van der Waals surface area contributed by atoms with Crippen molar-refractivity contribution in [3.63, 3.8) is 0 Å². The quantitative estimate of drug-likeness (QED) is 0.624. The van der Waals surface area contributed by atoms with Gasteiger partial charge in [-0.25, -0.2) is 13.2 Å². The van der Waals surface area contributed by atoms with Crippen LogP contribution in [0.1, 0.15) is 29.8 Å². The zero-order valence-corrected chi connectivity index (χ0v) is 17.5. The largest absolute Gasteiger partial charge is 0.493 e. The predicted molar refractivity (Wildman–Crippen MR) is 107 cm³/mol. The van der Waals surface area contributed by atoms with Crippen LogP contribution in [0.15, 0.2) is 41.3 Å². The van der Waals surface area contributed by atoms with E-state index in [4.69, 9.17) is 14.2 Å². The molecule has 0 aliphatic carbocycles. The predicted octanol–water partition coefficient (Wildman–Crippen LogP) is 3.40. The number of hydrogen-bond donors (Lipinski definition) is 0. The maximum Gasteiger partial charge on any atom is 0.338 e. The van der Waals surface area contributed by atoms with Gasteiger partial charge in [-0.1, -0.05) is 6.07 Å². The molecule has 0 bridgehead atoms. The molecule has 0 unspecified atom stereocenters. The van der Waals surface area contributed by atoms with Crippen LogP contribution < -0.4 is 13.8 Å². The monoisotopic (exact) mass is 407 g/mol. The molecule has 0 N–H and O–H groups in total. The molecule has 0 spiro atoms. The highest BCUT2D eigenvalue weighted by Crippen LogP contribution is 2.33. The van der Waals surface area contributed by atoms with E-state index in [0.717, 1.165) is 5.56 Å². The van der Waals surface area contributed by atoms with E-state index in [1.54, 1.807) is 39.0 Å². The lowest BCUT2D eigenvalue weighted by Gasteiger charge is -2.25. The zero-order valence-electron chi connectivity index (χ0n) is 16.7. The topological polar surface area (TPSA) is 82.1 Å². The van der Waals surface area contributed by atoms with Gasteiger partial charge in [-0.2, -0.15) is 0 Å². The number of carbonyl (C=O) groups excluding carboxylic acids is 1. The molecule has 7 nitrogen and oxygen atoms in total. The Balaban J connectivity index is 2.55. The van der Waals surface area contributed by atoms with Crippen molar-refractivity contribution in [2.45, 2.75) is 25.7 Å². The van der Waals surface area contributed by atoms with E-state index in [2.05, 4.69) is 0 Å². The first-order valence-corrected chi connectivity index (χ1v) is 10.3. The highest BCUT2D eigenvalue weighted by molar-refractivity contribution is 7.92. The number of benzene rings is 2. The van der Waals surface area contributed by atoms with Gasteiger partial charge in [0.1, 0.15) is 0 Å². The van der Waals surface area contributed by atoms with Gasteiger partial charge in [0.25, 0.3) is 10.0 Å². The van der Waals surface area contributed by atoms with E-state index in [1.165, 1.54) is 36.7 Å². The highest BCUT2D eigenvalue weighted by Gasteiger charge is 2.27. The van der Waals surface area contributed by atoms with Gasteiger partial charge in [0.05, 0.1) is 37.0 Å². The molecule has 2 rings (SSSR count). The number of rotatable bonds is 8. The summed E-state index contributed by atoms with van der Waals surface area (Å²) in [5, 5.41) is 0. The van der Waals surface area contributed by atoms with Crippen LogP contribution in [0.2, 0.25) is 0 Å². The second kappa shape index (κ2) is 8.97. The number of nitrogens with zero attached hydrogens (tertiary/aromatic N) is 1. The minimum absolute atomic E-state index is 0.0629. The van der Waals surface area contributed by atoms with Crippen LogP contribution in [0.4, 0.5) is 5.69 Å². The average molecular weight is 407 g/mol. The third-order valence-electron chi connectivity index (χ3n) is 4.22. The number of methoxy groups -OCH3 is 2. The van der Waals surface area contributed by atoms with Gasteiger partial charge in [-0.05, 0) is 50.6 Å². The number of sulfonamides is 1. The van der Waals surface area contributed by atoms with Crippen molar-refractivity contribution in [1.29, 1.82) is 0 Å². The summed E-state index contributed by atoms with van der Waals surface area (Å²) in [6, 6.07) is 9.28. The molecular formula is C20H25NO6S. The van der Waals surface area contributed by atoms with E-state index >= 15 is 0 Å². The lowest BCUT2D eigenvalue weighted by atomic mass is 10.1. The molecule has 28 heavy (non-hydrogen) atoms. The van der Waals surface area contributed by atoms with Gasteiger partial charge >= 0.3 is 5.97 Å². The Hall–Kier alpha value is -2.74. The average Bonchev–Trinajstić information content (AvgIpc) is 2.69. The fourth-order valence-electron chi connectivity index (χ4n) is 2.79. The van der Waals surface area contributed by atoms with E-state index in [1.807, 2.05) is 0 Å². The van der Waals surface area contributed by atoms with Crippen LogP contribution >= 0.6 is 0 Å². The van der Waals surface area contributed by atoms with Crippen LogP contribution in [0.3, 0.4) is 0 Å². The highest BCUT2D eigenvalue weighted by atomic mass is 32.2. The molecule has 8 heteroatoms. The van der Waals surface area contributed by atoms with Gasteiger partial charge in [-0.15, -0.1) is 0 Å². The lowest BCUT2D eigenvalue weighted by molar-refractivity contribution is 0.0526. The molecule has 0 amide bonds. The van der Waals surface area contributed by atoms with Gasteiger partial charge in [0.15, 0.2) is 11.5 Å². The van der Waals surface area contributed by atoms with Gasteiger partial charge in [-0.3, -0.25) is 4.31 Å². The van der Waals surface area contributed by atoms with Crippen molar-refractivity contribution in [1.82, 2.24) is 0 Å². The van der Waals surface area contributed by atoms with E-state index in [-0.39, 0.29) is 18.0 Å². The van der Waals surface area contributed by atoms with E-state index in [9.17, 15) is 13.2 Å².